The molecule has 0 bridgehead atoms. The highest BCUT2D eigenvalue weighted by Gasteiger charge is 2.08. The van der Waals surface area contributed by atoms with Crippen LogP contribution in [0.2, 0.25) is 0 Å². The molecule has 182 valence electrons. The summed E-state index contributed by atoms with van der Waals surface area (Å²) in [6.07, 6.45) is 5.61. The molecule has 1 amide bonds. The molecule has 11 heteroatoms. The number of nitrogens with zero attached hydrogens (tertiary/aromatic N) is 3. The Balaban J connectivity index is 0.00000289. The third kappa shape index (κ3) is 9.80. The number of hydroxylamine groups is 1. The highest BCUT2D eigenvalue weighted by Crippen LogP contribution is 2.12. The summed E-state index contributed by atoms with van der Waals surface area (Å²) in [6.45, 7) is 2.41. The van der Waals surface area contributed by atoms with E-state index in [9.17, 15) is 13.6 Å². The number of hydrogen-bond donors (Lipinski definition) is 3. The molecule has 0 fully saturated rings. The topological polar surface area (TPSA) is 90.4 Å². The predicted octanol–water partition coefficient (Wildman–Crippen LogP) is 4.23. The fraction of sp³-hybridized carbons (Fsp3) is 0.174. The van der Waals surface area contributed by atoms with E-state index >= 15 is 0 Å². The van der Waals surface area contributed by atoms with Crippen molar-refractivity contribution in [1.29, 1.82) is 0 Å². The van der Waals surface area contributed by atoms with E-state index in [1.807, 2.05) is 0 Å². The zero-order chi connectivity index (χ0) is 22.8. The van der Waals surface area contributed by atoms with E-state index in [2.05, 4.69) is 20.2 Å². The Bertz CT molecular complexity index is 989. The van der Waals surface area contributed by atoms with Crippen molar-refractivity contribution in [1.82, 2.24) is 20.3 Å². The molecule has 3 rings (SSSR count). The molecule has 2 aromatic carbocycles. The largest absolute Gasteiger partial charge is 0.368 e. The first kappa shape index (κ1) is 28.9. The van der Waals surface area contributed by atoms with Gasteiger partial charge in [0, 0.05) is 32.3 Å². The van der Waals surface area contributed by atoms with Crippen LogP contribution in [0, 0.1) is 11.6 Å². The van der Waals surface area contributed by atoms with Gasteiger partial charge >= 0.3 is 0 Å². The normalized spacial score (nSPS) is 10.5. The molecule has 0 unspecified atom stereocenters. The van der Waals surface area contributed by atoms with E-state index < -0.39 is 5.91 Å². The Kier molecular flexibility index (Phi) is 12.7. The monoisotopic (exact) mass is 511 g/mol. The molecule has 3 N–H and O–H groups in total. The zero-order valence-corrected chi connectivity index (χ0v) is 19.7. The Labute approximate surface area is 208 Å². The van der Waals surface area contributed by atoms with Crippen molar-refractivity contribution < 1.29 is 18.8 Å². The summed E-state index contributed by atoms with van der Waals surface area (Å²) in [7, 11) is 0. The fourth-order valence-electron chi connectivity index (χ4n) is 2.97. The van der Waals surface area contributed by atoms with Crippen LogP contribution >= 0.6 is 24.8 Å². The third-order valence-electron chi connectivity index (χ3n) is 4.56. The first-order valence-corrected chi connectivity index (χ1v) is 9.91. The standard InChI is InChI=1S/C23H23F2N5O2.2ClH/c24-19-5-1-17(2-6-19)15-30(16-18-3-7-20(25)8-4-18)12-11-26-22-14-27-21(13-28-22)9-10-23(31)29-32;;/h1-10,13-14,32H,11-12,15-16H2,(H,26,28)(H,29,31);2*1H/b10-9+;;. The van der Waals surface area contributed by atoms with Crippen molar-refractivity contribution in [2.24, 2.45) is 0 Å². The Morgan fingerprint density at radius 3 is 1.94 bits per heavy atom. The molecule has 0 saturated heterocycles. The summed E-state index contributed by atoms with van der Waals surface area (Å²) < 4.78 is 26.5. The third-order valence-corrected chi connectivity index (χ3v) is 4.56. The van der Waals surface area contributed by atoms with E-state index in [0.29, 0.717) is 37.7 Å². The van der Waals surface area contributed by atoms with Crippen molar-refractivity contribution >= 4 is 42.6 Å². The second-order valence-electron chi connectivity index (χ2n) is 7.03. The SMILES string of the molecule is Cl.Cl.O=C(/C=C/c1cnc(NCCN(Cc2ccc(F)cc2)Cc2ccc(F)cc2)cn1)NO. The van der Waals surface area contributed by atoms with Crippen molar-refractivity contribution in [2.75, 3.05) is 18.4 Å². The maximum Gasteiger partial charge on any atom is 0.267 e. The molecular weight excluding hydrogens is 487 g/mol. The van der Waals surface area contributed by atoms with Crippen molar-refractivity contribution in [3.63, 3.8) is 0 Å². The van der Waals surface area contributed by atoms with Crippen LogP contribution in [0.3, 0.4) is 0 Å². The maximum atomic E-state index is 13.2. The van der Waals surface area contributed by atoms with E-state index in [4.69, 9.17) is 5.21 Å². The second kappa shape index (κ2) is 14.9. The lowest BCUT2D eigenvalue weighted by Gasteiger charge is -2.23. The number of halogens is 4. The van der Waals surface area contributed by atoms with Crippen molar-refractivity contribution in [3.8, 4) is 0 Å². The van der Waals surface area contributed by atoms with Gasteiger partial charge in [-0.1, -0.05) is 24.3 Å². The minimum Gasteiger partial charge on any atom is -0.368 e. The minimum atomic E-state index is -0.656. The Hall–Kier alpha value is -3.11. The van der Waals surface area contributed by atoms with Crippen LogP contribution < -0.4 is 10.8 Å². The number of nitrogens with one attached hydrogen (secondary N) is 2. The number of hydrogen-bond acceptors (Lipinski definition) is 6. The quantitative estimate of drug-likeness (QED) is 0.214. The lowest BCUT2D eigenvalue weighted by atomic mass is 10.1. The van der Waals surface area contributed by atoms with Gasteiger partial charge in [-0.15, -0.1) is 24.8 Å². The highest BCUT2D eigenvalue weighted by molar-refractivity contribution is 5.90. The number of anilines is 1. The average molecular weight is 512 g/mol. The Morgan fingerprint density at radius 1 is 0.912 bits per heavy atom. The number of carbonyl (C=O) groups excluding carboxylic acids is 1. The molecule has 34 heavy (non-hydrogen) atoms. The molecular formula is C23H25Cl2F2N5O2. The van der Waals surface area contributed by atoms with E-state index in [0.717, 1.165) is 17.2 Å². The smallest absolute Gasteiger partial charge is 0.267 e. The van der Waals surface area contributed by atoms with Gasteiger partial charge in [0.15, 0.2) is 0 Å². The summed E-state index contributed by atoms with van der Waals surface area (Å²) in [5.74, 6) is -0.655. The van der Waals surface area contributed by atoms with Crippen LogP contribution in [0.4, 0.5) is 14.6 Å². The molecule has 1 aromatic heterocycles. The molecule has 0 saturated carbocycles. The number of rotatable bonds is 10. The van der Waals surface area contributed by atoms with Gasteiger partial charge in [-0.25, -0.2) is 19.2 Å². The average Bonchev–Trinajstić information content (AvgIpc) is 2.81. The summed E-state index contributed by atoms with van der Waals surface area (Å²) in [4.78, 5) is 21.6. The first-order valence-electron chi connectivity index (χ1n) is 9.91. The minimum absolute atomic E-state index is 0. The molecule has 1 heterocycles. The highest BCUT2D eigenvalue weighted by atomic mass is 35.5. The number of amides is 1. The summed E-state index contributed by atoms with van der Waals surface area (Å²) in [6, 6.07) is 12.7. The molecule has 3 aromatic rings. The van der Waals surface area contributed by atoms with E-state index in [1.165, 1.54) is 42.0 Å². The van der Waals surface area contributed by atoms with Gasteiger partial charge in [0.2, 0.25) is 0 Å². The van der Waals surface area contributed by atoms with E-state index in [1.54, 1.807) is 30.5 Å². The molecule has 0 radical (unpaired) electrons. The lowest BCUT2D eigenvalue weighted by Crippen LogP contribution is -2.28. The zero-order valence-electron chi connectivity index (χ0n) is 18.0. The number of aromatic nitrogens is 2. The molecule has 0 aliphatic rings. The summed E-state index contributed by atoms with van der Waals surface area (Å²) >= 11 is 0. The van der Waals surface area contributed by atoms with Gasteiger partial charge in [-0.2, -0.15) is 0 Å². The van der Waals surface area contributed by atoms with Crippen LogP contribution in [-0.4, -0.2) is 39.1 Å². The molecule has 0 aliphatic heterocycles. The van der Waals surface area contributed by atoms with Gasteiger partial charge in [-0.05, 0) is 41.5 Å². The van der Waals surface area contributed by atoms with Gasteiger partial charge in [-0.3, -0.25) is 19.9 Å². The van der Waals surface area contributed by atoms with Gasteiger partial charge in [0.1, 0.15) is 17.5 Å². The van der Waals surface area contributed by atoms with Crippen molar-refractivity contribution in [3.05, 3.63) is 95.5 Å². The molecule has 0 atom stereocenters. The van der Waals surface area contributed by atoms with Gasteiger partial charge < -0.3 is 5.32 Å². The van der Waals surface area contributed by atoms with E-state index in [-0.39, 0.29) is 36.4 Å². The summed E-state index contributed by atoms with van der Waals surface area (Å²) in [5.41, 5.74) is 3.90. The lowest BCUT2D eigenvalue weighted by molar-refractivity contribution is -0.124. The number of benzene rings is 2. The fourth-order valence-corrected chi connectivity index (χ4v) is 2.97. The van der Waals surface area contributed by atoms with Gasteiger partial charge in [0.05, 0.1) is 18.1 Å². The van der Waals surface area contributed by atoms with Crippen LogP contribution in [0.5, 0.6) is 0 Å². The predicted molar refractivity (Wildman–Crippen MR) is 131 cm³/mol. The number of carbonyl (C=O) groups is 1. The Morgan fingerprint density at radius 2 is 1.47 bits per heavy atom. The van der Waals surface area contributed by atoms with Crippen LogP contribution in [-0.2, 0) is 17.9 Å². The first-order chi connectivity index (χ1) is 15.5. The van der Waals surface area contributed by atoms with Crippen molar-refractivity contribution in [2.45, 2.75) is 13.1 Å². The second-order valence-corrected chi connectivity index (χ2v) is 7.03. The summed E-state index contributed by atoms with van der Waals surface area (Å²) in [5, 5.41) is 11.7. The molecule has 7 nitrogen and oxygen atoms in total. The van der Waals surface area contributed by atoms with Gasteiger partial charge in [0.25, 0.3) is 5.91 Å². The maximum absolute atomic E-state index is 13.2. The van der Waals surface area contributed by atoms with Crippen LogP contribution in [0.1, 0.15) is 16.8 Å². The van der Waals surface area contributed by atoms with Crippen LogP contribution in [0.25, 0.3) is 6.08 Å². The molecule has 0 spiro atoms. The molecule has 0 aliphatic carbocycles. The van der Waals surface area contributed by atoms with Crippen LogP contribution in [0.15, 0.2) is 67.0 Å².